The average molecular weight is 340 g/mol. The van der Waals surface area contributed by atoms with Gasteiger partial charge in [0.1, 0.15) is 12.3 Å². The van der Waals surface area contributed by atoms with E-state index in [0.717, 1.165) is 37.3 Å². The maximum atomic E-state index is 12.7. The number of methoxy groups -OCH3 is 1. The summed E-state index contributed by atoms with van der Waals surface area (Å²) in [6.45, 7) is 1.12. The fourth-order valence-corrected chi connectivity index (χ4v) is 3.63. The molecule has 0 radical (unpaired) electrons. The van der Waals surface area contributed by atoms with Crippen molar-refractivity contribution in [1.82, 2.24) is 19.9 Å². The maximum Gasteiger partial charge on any atom is 0.244 e. The Labute approximate surface area is 147 Å². The van der Waals surface area contributed by atoms with E-state index in [1.54, 1.807) is 11.8 Å². The second-order valence-electron chi connectivity index (χ2n) is 7.05. The van der Waals surface area contributed by atoms with Crippen LogP contribution in [0.1, 0.15) is 42.9 Å². The van der Waals surface area contributed by atoms with E-state index in [2.05, 4.69) is 22.4 Å². The minimum Gasteiger partial charge on any atom is -0.497 e. The molecule has 0 bridgehead atoms. The largest absolute Gasteiger partial charge is 0.497 e. The lowest BCUT2D eigenvalue weighted by molar-refractivity contribution is -0.132. The summed E-state index contributed by atoms with van der Waals surface area (Å²) in [6.07, 6.45) is 7.30. The number of carbonyl (C=O) groups is 1. The number of ether oxygens (including phenoxy) is 1. The van der Waals surface area contributed by atoms with Gasteiger partial charge in [-0.1, -0.05) is 17.3 Å². The van der Waals surface area contributed by atoms with E-state index in [1.807, 2.05) is 23.2 Å². The van der Waals surface area contributed by atoms with Gasteiger partial charge in [0.15, 0.2) is 0 Å². The summed E-state index contributed by atoms with van der Waals surface area (Å²) in [7, 11) is 1.68. The zero-order valence-electron chi connectivity index (χ0n) is 14.6. The molecule has 1 aromatic heterocycles. The highest BCUT2D eigenvalue weighted by Crippen LogP contribution is 2.38. The summed E-state index contributed by atoms with van der Waals surface area (Å²) in [4.78, 5) is 14.8. The van der Waals surface area contributed by atoms with Crippen LogP contribution < -0.4 is 4.74 Å². The predicted octanol–water partition coefficient (Wildman–Crippen LogP) is 2.40. The molecule has 1 saturated carbocycles. The summed E-state index contributed by atoms with van der Waals surface area (Å²) in [5, 5.41) is 8.32. The van der Waals surface area contributed by atoms with Crippen LogP contribution in [0.15, 0.2) is 30.5 Å². The quantitative estimate of drug-likeness (QED) is 0.810. The van der Waals surface area contributed by atoms with Crippen molar-refractivity contribution in [3.05, 3.63) is 41.7 Å². The Morgan fingerprint density at radius 2 is 2.20 bits per heavy atom. The summed E-state index contributed by atoms with van der Waals surface area (Å²) < 4.78 is 6.99. The van der Waals surface area contributed by atoms with Gasteiger partial charge >= 0.3 is 0 Å². The van der Waals surface area contributed by atoms with Crippen LogP contribution in [0.3, 0.4) is 0 Å². The number of carbonyl (C=O) groups excluding carboxylic acids is 1. The third-order valence-electron chi connectivity index (χ3n) is 5.15. The van der Waals surface area contributed by atoms with E-state index in [-0.39, 0.29) is 18.5 Å². The van der Waals surface area contributed by atoms with Crippen LogP contribution in [-0.2, 0) is 17.8 Å². The number of benzene rings is 1. The lowest BCUT2D eigenvalue weighted by Crippen LogP contribution is -2.39. The van der Waals surface area contributed by atoms with Crippen molar-refractivity contribution in [2.45, 2.75) is 50.6 Å². The van der Waals surface area contributed by atoms with Gasteiger partial charge in [-0.3, -0.25) is 4.79 Å². The van der Waals surface area contributed by atoms with Crippen LogP contribution in [0, 0.1) is 0 Å². The predicted molar refractivity (Wildman–Crippen MR) is 93.4 cm³/mol. The normalized spacial score (nSPS) is 20.0. The van der Waals surface area contributed by atoms with E-state index in [4.69, 9.17) is 4.74 Å². The summed E-state index contributed by atoms with van der Waals surface area (Å²) in [5.41, 5.74) is 2.24. The van der Waals surface area contributed by atoms with Gasteiger partial charge in [0, 0.05) is 24.7 Å². The van der Waals surface area contributed by atoms with Crippen LogP contribution in [0.4, 0.5) is 0 Å². The zero-order valence-corrected chi connectivity index (χ0v) is 14.6. The molecule has 1 amide bonds. The first-order chi connectivity index (χ1) is 12.2. The van der Waals surface area contributed by atoms with Crippen LogP contribution >= 0.6 is 0 Å². The lowest BCUT2D eigenvalue weighted by atomic mass is 10.0. The van der Waals surface area contributed by atoms with Crippen LogP contribution in [0.2, 0.25) is 0 Å². The fourth-order valence-electron chi connectivity index (χ4n) is 3.63. The van der Waals surface area contributed by atoms with Gasteiger partial charge in [-0.05, 0) is 49.8 Å². The molecule has 6 nitrogen and oxygen atoms in total. The molecule has 2 aromatic rings. The van der Waals surface area contributed by atoms with Crippen molar-refractivity contribution in [3.8, 4) is 5.75 Å². The Balaban J connectivity index is 1.40. The molecule has 4 rings (SSSR count). The van der Waals surface area contributed by atoms with Gasteiger partial charge < -0.3 is 9.64 Å². The molecule has 2 heterocycles. The van der Waals surface area contributed by atoms with Crippen LogP contribution in [0.25, 0.3) is 0 Å². The standard InChI is InChI=1S/C19H24N4O2/c1-25-17-6-2-4-14(11-17)10-16-5-3-9-23(16)19(24)13-22-12-18(20-21-22)15-7-8-15/h2,4,6,11-12,15-16H,3,5,7-10,13H2,1H3. The second-order valence-corrected chi connectivity index (χ2v) is 7.05. The highest BCUT2D eigenvalue weighted by atomic mass is 16.5. The summed E-state index contributed by atoms with van der Waals surface area (Å²) >= 11 is 0. The minimum atomic E-state index is 0.137. The fraction of sp³-hybridized carbons (Fsp3) is 0.526. The van der Waals surface area contributed by atoms with E-state index >= 15 is 0 Å². The molecule has 132 valence electrons. The third-order valence-corrected chi connectivity index (χ3v) is 5.15. The van der Waals surface area contributed by atoms with E-state index in [0.29, 0.717) is 5.92 Å². The number of hydrogen-bond donors (Lipinski definition) is 0. The Kier molecular flexibility index (Phi) is 4.42. The zero-order chi connectivity index (χ0) is 17.2. The number of aromatic nitrogens is 3. The third kappa shape index (κ3) is 3.67. The number of hydrogen-bond acceptors (Lipinski definition) is 4. The average Bonchev–Trinajstić information content (AvgIpc) is 3.19. The van der Waals surface area contributed by atoms with Gasteiger partial charge in [0.05, 0.1) is 12.8 Å². The number of nitrogens with zero attached hydrogens (tertiary/aromatic N) is 4. The Hall–Kier alpha value is -2.37. The molecule has 1 aliphatic carbocycles. The van der Waals surface area contributed by atoms with Crippen LogP contribution in [0.5, 0.6) is 5.75 Å². The molecule has 1 aliphatic heterocycles. The Morgan fingerprint density at radius 3 is 3.00 bits per heavy atom. The van der Waals surface area contributed by atoms with Crippen LogP contribution in [-0.4, -0.2) is 45.5 Å². The van der Waals surface area contributed by atoms with Gasteiger partial charge in [-0.15, -0.1) is 5.10 Å². The molecular formula is C19H24N4O2. The lowest BCUT2D eigenvalue weighted by Gasteiger charge is -2.25. The summed E-state index contributed by atoms with van der Waals surface area (Å²) in [5.74, 6) is 1.57. The highest BCUT2D eigenvalue weighted by Gasteiger charge is 2.30. The SMILES string of the molecule is COc1cccc(CC2CCCN2C(=O)Cn2cc(C3CC3)nn2)c1. The molecule has 0 N–H and O–H groups in total. The van der Waals surface area contributed by atoms with E-state index < -0.39 is 0 Å². The highest BCUT2D eigenvalue weighted by molar-refractivity contribution is 5.76. The molecule has 1 unspecified atom stereocenters. The van der Waals surface area contributed by atoms with Gasteiger partial charge in [0.25, 0.3) is 0 Å². The molecule has 1 atom stereocenters. The minimum absolute atomic E-state index is 0.137. The molecule has 1 aromatic carbocycles. The molecular weight excluding hydrogens is 316 g/mol. The van der Waals surface area contributed by atoms with Crippen molar-refractivity contribution in [2.24, 2.45) is 0 Å². The Morgan fingerprint density at radius 1 is 1.32 bits per heavy atom. The van der Waals surface area contributed by atoms with Crippen molar-refractivity contribution >= 4 is 5.91 Å². The number of amides is 1. The number of rotatable bonds is 6. The first-order valence-electron chi connectivity index (χ1n) is 9.05. The van der Waals surface area contributed by atoms with Gasteiger partial charge in [0.2, 0.25) is 5.91 Å². The van der Waals surface area contributed by atoms with Crippen molar-refractivity contribution in [2.75, 3.05) is 13.7 Å². The monoisotopic (exact) mass is 340 g/mol. The maximum absolute atomic E-state index is 12.7. The smallest absolute Gasteiger partial charge is 0.244 e. The van der Waals surface area contributed by atoms with Gasteiger partial charge in [-0.2, -0.15) is 0 Å². The van der Waals surface area contributed by atoms with E-state index in [1.165, 1.54) is 18.4 Å². The molecule has 1 saturated heterocycles. The molecule has 2 fully saturated rings. The van der Waals surface area contributed by atoms with Crippen molar-refractivity contribution in [1.29, 1.82) is 0 Å². The topological polar surface area (TPSA) is 60.2 Å². The second kappa shape index (κ2) is 6.86. The van der Waals surface area contributed by atoms with Crippen molar-refractivity contribution in [3.63, 3.8) is 0 Å². The Bertz CT molecular complexity index is 753. The molecule has 2 aliphatic rings. The number of likely N-dealkylation sites (tertiary alicyclic amines) is 1. The molecule has 25 heavy (non-hydrogen) atoms. The molecule has 6 heteroatoms. The molecule has 0 spiro atoms. The first kappa shape index (κ1) is 16.1. The van der Waals surface area contributed by atoms with Gasteiger partial charge in [-0.25, -0.2) is 4.68 Å². The summed E-state index contributed by atoms with van der Waals surface area (Å²) in [6, 6.07) is 8.36. The van der Waals surface area contributed by atoms with Crippen molar-refractivity contribution < 1.29 is 9.53 Å². The van der Waals surface area contributed by atoms with E-state index in [9.17, 15) is 4.79 Å². The first-order valence-corrected chi connectivity index (χ1v) is 9.05.